The zero-order valence-electron chi connectivity index (χ0n) is 13.0. The Morgan fingerprint density at radius 2 is 1.85 bits per heavy atom. The Labute approximate surface area is 121 Å². The first-order chi connectivity index (χ1) is 9.28. The second-order valence-corrected chi connectivity index (χ2v) is 5.36. The molecule has 0 spiro atoms. The average Bonchev–Trinajstić information content (AvgIpc) is 2.34. The maximum atomic E-state index is 11.4. The maximum Gasteiger partial charge on any atom is 0.407 e. The molecule has 0 heterocycles. The van der Waals surface area contributed by atoms with Crippen molar-refractivity contribution < 1.29 is 9.53 Å². The van der Waals surface area contributed by atoms with Gasteiger partial charge in [-0.25, -0.2) is 4.79 Å². The summed E-state index contributed by atoms with van der Waals surface area (Å²) < 4.78 is 5.11. The number of ether oxygens (including phenoxy) is 1. The minimum absolute atomic E-state index is 0.418. The van der Waals surface area contributed by atoms with Crippen LogP contribution in [0, 0.1) is 11.3 Å². The third-order valence-electron chi connectivity index (χ3n) is 2.26. The van der Waals surface area contributed by atoms with Gasteiger partial charge < -0.3 is 15.4 Å². The van der Waals surface area contributed by atoms with Crippen molar-refractivity contribution in [2.24, 2.45) is 0 Å². The first kappa shape index (κ1) is 18.0. The van der Waals surface area contributed by atoms with Crippen LogP contribution in [0.2, 0.25) is 0 Å². The van der Waals surface area contributed by atoms with Crippen molar-refractivity contribution in [1.29, 1.82) is 5.26 Å². The summed E-state index contributed by atoms with van der Waals surface area (Å²) in [6.45, 7) is 10.4. The predicted molar refractivity (Wildman–Crippen MR) is 80.0 cm³/mol. The van der Waals surface area contributed by atoms with Gasteiger partial charge in [-0.3, -0.25) is 0 Å². The van der Waals surface area contributed by atoms with Gasteiger partial charge >= 0.3 is 6.09 Å². The predicted octanol–water partition coefficient (Wildman–Crippen LogP) is 2.86. The molecule has 112 valence electrons. The van der Waals surface area contributed by atoms with E-state index >= 15 is 0 Å². The lowest BCUT2D eigenvalue weighted by molar-refractivity contribution is 0.0528. The summed E-state index contributed by atoms with van der Waals surface area (Å²) in [6, 6.07) is 2.13. The van der Waals surface area contributed by atoms with E-state index in [0.29, 0.717) is 13.1 Å². The molecule has 0 saturated heterocycles. The molecule has 0 aliphatic rings. The van der Waals surface area contributed by atoms with Crippen molar-refractivity contribution in [2.45, 2.75) is 46.6 Å². The van der Waals surface area contributed by atoms with Crippen molar-refractivity contribution in [2.75, 3.05) is 13.1 Å². The Balaban J connectivity index is 3.97. The summed E-state index contributed by atoms with van der Waals surface area (Å²) in [5, 5.41) is 14.6. The molecule has 0 fully saturated rings. The van der Waals surface area contributed by atoms with Crippen LogP contribution in [0.4, 0.5) is 4.79 Å². The number of nitriles is 1. The van der Waals surface area contributed by atoms with Crippen molar-refractivity contribution >= 4 is 6.09 Å². The fourth-order valence-electron chi connectivity index (χ4n) is 1.26. The standard InChI is InChI=1S/C15H25N3O2/c1-6-13(11-16)8-7-12(2)17-9-10-18-14(19)20-15(3,4)5/h7-8,17H,6,9-10H2,1-5H3,(H,18,19)/b12-7+,13-8+. The van der Waals surface area contributed by atoms with Crippen molar-refractivity contribution in [3.63, 3.8) is 0 Å². The molecule has 5 nitrogen and oxygen atoms in total. The van der Waals surface area contributed by atoms with E-state index in [1.54, 1.807) is 6.08 Å². The molecule has 0 aliphatic heterocycles. The van der Waals surface area contributed by atoms with Crippen LogP contribution >= 0.6 is 0 Å². The van der Waals surface area contributed by atoms with Crippen LogP contribution in [0.15, 0.2) is 23.4 Å². The molecule has 0 unspecified atom stereocenters. The van der Waals surface area contributed by atoms with Crippen LogP contribution in [0.1, 0.15) is 41.0 Å². The van der Waals surface area contributed by atoms with Crippen LogP contribution in [0.5, 0.6) is 0 Å². The Morgan fingerprint density at radius 1 is 1.25 bits per heavy atom. The molecule has 0 atom stereocenters. The molecule has 2 N–H and O–H groups in total. The molecular weight excluding hydrogens is 254 g/mol. The fraction of sp³-hybridized carbons (Fsp3) is 0.600. The molecule has 0 aromatic carbocycles. The van der Waals surface area contributed by atoms with E-state index in [0.717, 1.165) is 17.7 Å². The van der Waals surface area contributed by atoms with Crippen LogP contribution in [-0.4, -0.2) is 24.8 Å². The molecule has 0 aromatic heterocycles. The zero-order chi connectivity index (χ0) is 15.6. The van der Waals surface area contributed by atoms with Crippen LogP contribution in [0.25, 0.3) is 0 Å². The monoisotopic (exact) mass is 279 g/mol. The Morgan fingerprint density at radius 3 is 2.35 bits per heavy atom. The van der Waals surface area contributed by atoms with Crippen LogP contribution < -0.4 is 10.6 Å². The molecule has 0 saturated carbocycles. The first-order valence-corrected chi connectivity index (χ1v) is 6.76. The molecule has 20 heavy (non-hydrogen) atoms. The summed E-state index contributed by atoms with van der Waals surface area (Å²) in [5.41, 5.74) is 1.20. The SMILES string of the molecule is CC/C(C#N)=C\C=C(/C)NCCNC(=O)OC(C)(C)C. The van der Waals surface area contributed by atoms with Gasteiger partial charge in [-0.05, 0) is 46.3 Å². The number of carbonyl (C=O) groups is 1. The molecular formula is C15H25N3O2. The number of hydrogen-bond acceptors (Lipinski definition) is 4. The van der Waals surface area contributed by atoms with E-state index in [4.69, 9.17) is 10.00 Å². The van der Waals surface area contributed by atoms with Gasteiger partial charge in [-0.1, -0.05) is 6.92 Å². The Hall–Kier alpha value is -1.96. The number of carbonyl (C=O) groups excluding carboxylic acids is 1. The fourth-order valence-corrected chi connectivity index (χ4v) is 1.26. The van der Waals surface area contributed by atoms with E-state index in [-0.39, 0.29) is 0 Å². The largest absolute Gasteiger partial charge is 0.444 e. The van der Waals surface area contributed by atoms with E-state index < -0.39 is 11.7 Å². The molecule has 0 bridgehead atoms. The highest BCUT2D eigenvalue weighted by atomic mass is 16.6. The number of rotatable bonds is 6. The van der Waals surface area contributed by atoms with Crippen molar-refractivity contribution in [3.05, 3.63) is 23.4 Å². The van der Waals surface area contributed by atoms with Gasteiger partial charge in [0.25, 0.3) is 0 Å². The minimum atomic E-state index is -0.480. The second kappa shape index (κ2) is 9.03. The zero-order valence-corrected chi connectivity index (χ0v) is 13.0. The van der Waals surface area contributed by atoms with Gasteiger partial charge in [0.2, 0.25) is 0 Å². The van der Waals surface area contributed by atoms with Gasteiger partial charge in [0.05, 0.1) is 6.07 Å². The number of allylic oxidation sites excluding steroid dienone is 4. The maximum absolute atomic E-state index is 11.4. The van der Waals surface area contributed by atoms with E-state index in [9.17, 15) is 4.79 Å². The van der Waals surface area contributed by atoms with Crippen LogP contribution in [0.3, 0.4) is 0 Å². The lowest BCUT2D eigenvalue weighted by Gasteiger charge is -2.19. The third kappa shape index (κ3) is 10.0. The van der Waals surface area contributed by atoms with Crippen LogP contribution in [-0.2, 0) is 4.74 Å². The summed E-state index contributed by atoms with van der Waals surface area (Å²) in [4.78, 5) is 11.4. The van der Waals surface area contributed by atoms with E-state index in [1.807, 2.05) is 40.7 Å². The first-order valence-electron chi connectivity index (χ1n) is 6.76. The molecule has 0 aliphatic carbocycles. The molecule has 5 heteroatoms. The van der Waals surface area contributed by atoms with Gasteiger partial charge in [0.15, 0.2) is 0 Å². The van der Waals surface area contributed by atoms with Gasteiger partial charge in [-0.2, -0.15) is 5.26 Å². The summed E-state index contributed by atoms with van der Waals surface area (Å²) in [5.74, 6) is 0. The summed E-state index contributed by atoms with van der Waals surface area (Å²) >= 11 is 0. The smallest absolute Gasteiger partial charge is 0.407 e. The summed E-state index contributed by atoms with van der Waals surface area (Å²) in [7, 11) is 0. The number of nitrogens with one attached hydrogen (secondary N) is 2. The quantitative estimate of drug-likeness (QED) is 0.445. The minimum Gasteiger partial charge on any atom is -0.444 e. The Bertz CT molecular complexity index is 412. The lowest BCUT2D eigenvalue weighted by Crippen LogP contribution is -2.36. The second-order valence-electron chi connectivity index (χ2n) is 5.36. The molecule has 1 amide bonds. The third-order valence-corrected chi connectivity index (χ3v) is 2.26. The van der Waals surface area contributed by atoms with Gasteiger partial charge in [-0.15, -0.1) is 0 Å². The lowest BCUT2D eigenvalue weighted by atomic mass is 10.2. The Kier molecular flexibility index (Phi) is 8.14. The van der Waals surface area contributed by atoms with Crippen molar-refractivity contribution in [3.8, 4) is 6.07 Å². The highest BCUT2D eigenvalue weighted by molar-refractivity contribution is 5.67. The molecule has 0 aromatic rings. The number of hydrogen-bond donors (Lipinski definition) is 2. The number of nitrogens with zero attached hydrogens (tertiary/aromatic N) is 1. The van der Waals surface area contributed by atoms with E-state index in [1.165, 1.54) is 0 Å². The topological polar surface area (TPSA) is 74.2 Å². The number of amides is 1. The highest BCUT2D eigenvalue weighted by Crippen LogP contribution is 2.06. The van der Waals surface area contributed by atoms with Gasteiger partial charge in [0.1, 0.15) is 5.60 Å². The highest BCUT2D eigenvalue weighted by Gasteiger charge is 2.15. The van der Waals surface area contributed by atoms with E-state index in [2.05, 4.69) is 16.7 Å². The van der Waals surface area contributed by atoms with Gasteiger partial charge in [0, 0.05) is 24.4 Å². The average molecular weight is 279 g/mol. The normalized spacial score (nSPS) is 12.6. The van der Waals surface area contributed by atoms with Crippen molar-refractivity contribution in [1.82, 2.24) is 10.6 Å². The summed E-state index contributed by atoms with van der Waals surface area (Å²) in [6.07, 6.45) is 3.96. The number of alkyl carbamates (subject to hydrolysis) is 1. The molecule has 0 radical (unpaired) electrons. The molecule has 0 rings (SSSR count).